The predicted molar refractivity (Wildman–Crippen MR) is 112 cm³/mol. The molecule has 3 aromatic heterocycles. The molecular weight excluding hydrogens is 364 g/mol. The van der Waals surface area contributed by atoms with Crippen LogP contribution in [0.3, 0.4) is 0 Å². The minimum Gasteiger partial charge on any atom is -0.366 e. The van der Waals surface area contributed by atoms with Crippen molar-refractivity contribution in [1.82, 2.24) is 24.9 Å². The van der Waals surface area contributed by atoms with E-state index in [0.29, 0.717) is 23.7 Å². The molecule has 0 aliphatic heterocycles. The largest absolute Gasteiger partial charge is 0.366 e. The third-order valence-corrected chi connectivity index (χ3v) is 4.92. The number of hydrogen-bond acceptors (Lipinski definition) is 5. The van der Waals surface area contributed by atoms with Crippen molar-refractivity contribution in [1.29, 1.82) is 0 Å². The molecule has 7 heteroatoms. The van der Waals surface area contributed by atoms with Crippen LogP contribution in [0, 0.1) is 0 Å². The van der Waals surface area contributed by atoms with Crippen molar-refractivity contribution in [3.05, 3.63) is 78.2 Å². The number of nitrogen functional groups attached to an aromatic ring is 1. The highest BCUT2D eigenvalue weighted by Gasteiger charge is 2.11. The predicted octanol–water partition coefficient (Wildman–Crippen LogP) is 3.30. The van der Waals surface area contributed by atoms with E-state index in [1.165, 1.54) is 5.56 Å². The number of carbonyl (C=O) groups is 1. The molecule has 4 aromatic rings. The topological polar surface area (TPSA) is 98.2 Å². The van der Waals surface area contributed by atoms with Crippen LogP contribution in [-0.4, -0.2) is 32.0 Å². The first-order chi connectivity index (χ1) is 14.1. The summed E-state index contributed by atoms with van der Waals surface area (Å²) >= 11 is 0. The van der Waals surface area contributed by atoms with Gasteiger partial charge < -0.3 is 11.1 Å². The SMILES string of the molecule is CC(CCNC(=O)c1cncc(-c2ccn3nc(N)nc3c2)c1)c1ccccc1. The van der Waals surface area contributed by atoms with E-state index in [1.807, 2.05) is 36.4 Å². The smallest absolute Gasteiger partial charge is 0.252 e. The molecule has 0 fully saturated rings. The molecule has 146 valence electrons. The standard InChI is InChI=1S/C22H22N6O/c1-15(16-5-3-2-4-6-16)7-9-25-21(29)19-11-18(13-24-14-19)17-8-10-28-20(12-17)26-22(23)27-28/h2-6,8,10-15H,7,9H2,1H3,(H2,23,27)(H,25,29). The van der Waals surface area contributed by atoms with Crippen LogP contribution in [0.1, 0.15) is 35.2 Å². The van der Waals surface area contributed by atoms with E-state index in [-0.39, 0.29) is 11.9 Å². The maximum Gasteiger partial charge on any atom is 0.252 e. The second-order valence-corrected chi connectivity index (χ2v) is 7.01. The van der Waals surface area contributed by atoms with Gasteiger partial charge in [0.25, 0.3) is 5.91 Å². The monoisotopic (exact) mass is 386 g/mol. The molecule has 0 spiro atoms. The Balaban J connectivity index is 1.42. The summed E-state index contributed by atoms with van der Waals surface area (Å²) in [6.07, 6.45) is 5.95. The summed E-state index contributed by atoms with van der Waals surface area (Å²) < 4.78 is 1.61. The average molecular weight is 386 g/mol. The maximum absolute atomic E-state index is 12.6. The summed E-state index contributed by atoms with van der Waals surface area (Å²) in [6.45, 7) is 2.77. The van der Waals surface area contributed by atoms with Gasteiger partial charge in [-0.25, -0.2) is 4.52 Å². The van der Waals surface area contributed by atoms with Gasteiger partial charge in [0, 0.05) is 30.7 Å². The summed E-state index contributed by atoms with van der Waals surface area (Å²) in [7, 11) is 0. The number of amides is 1. The molecule has 4 rings (SSSR count). The third kappa shape index (κ3) is 4.24. The van der Waals surface area contributed by atoms with Gasteiger partial charge in [0.15, 0.2) is 5.65 Å². The van der Waals surface area contributed by atoms with Crippen molar-refractivity contribution < 1.29 is 4.79 Å². The molecule has 1 unspecified atom stereocenters. The lowest BCUT2D eigenvalue weighted by atomic mass is 9.98. The second-order valence-electron chi connectivity index (χ2n) is 7.01. The van der Waals surface area contributed by atoms with Crippen LogP contribution in [0.2, 0.25) is 0 Å². The van der Waals surface area contributed by atoms with E-state index in [2.05, 4.69) is 39.4 Å². The Hall–Kier alpha value is -3.74. The highest BCUT2D eigenvalue weighted by atomic mass is 16.1. The van der Waals surface area contributed by atoms with Gasteiger partial charge in [-0.3, -0.25) is 9.78 Å². The first-order valence-electron chi connectivity index (χ1n) is 9.50. The fourth-order valence-corrected chi connectivity index (χ4v) is 3.25. The quantitative estimate of drug-likeness (QED) is 0.530. The molecular formula is C22H22N6O. The van der Waals surface area contributed by atoms with Gasteiger partial charge in [-0.15, -0.1) is 5.10 Å². The van der Waals surface area contributed by atoms with Crippen LogP contribution in [0.4, 0.5) is 5.95 Å². The van der Waals surface area contributed by atoms with Crippen molar-refractivity contribution in [2.75, 3.05) is 12.3 Å². The number of pyridine rings is 2. The fourth-order valence-electron chi connectivity index (χ4n) is 3.25. The fraction of sp³-hybridized carbons (Fsp3) is 0.182. The van der Waals surface area contributed by atoms with Crippen LogP contribution >= 0.6 is 0 Å². The Kier molecular flexibility index (Phi) is 5.20. The van der Waals surface area contributed by atoms with Crippen LogP contribution in [0.5, 0.6) is 0 Å². The Bertz CT molecular complexity index is 1140. The highest BCUT2D eigenvalue weighted by molar-refractivity contribution is 5.95. The number of aromatic nitrogens is 4. The van der Waals surface area contributed by atoms with Gasteiger partial charge in [-0.2, -0.15) is 4.98 Å². The van der Waals surface area contributed by atoms with Crippen molar-refractivity contribution in [2.24, 2.45) is 0 Å². The Morgan fingerprint density at radius 3 is 2.79 bits per heavy atom. The Morgan fingerprint density at radius 2 is 1.97 bits per heavy atom. The summed E-state index contributed by atoms with van der Waals surface area (Å²) in [6, 6.07) is 15.9. The molecule has 0 aliphatic carbocycles. The van der Waals surface area contributed by atoms with E-state index < -0.39 is 0 Å². The van der Waals surface area contributed by atoms with E-state index in [4.69, 9.17) is 5.73 Å². The molecule has 29 heavy (non-hydrogen) atoms. The number of hydrogen-bond donors (Lipinski definition) is 2. The number of carbonyl (C=O) groups excluding carboxylic acids is 1. The van der Waals surface area contributed by atoms with Crippen molar-refractivity contribution in [3.63, 3.8) is 0 Å². The zero-order valence-electron chi connectivity index (χ0n) is 16.1. The average Bonchev–Trinajstić information content (AvgIpc) is 3.13. The Morgan fingerprint density at radius 1 is 1.14 bits per heavy atom. The first kappa shape index (κ1) is 18.6. The molecule has 7 nitrogen and oxygen atoms in total. The van der Waals surface area contributed by atoms with Gasteiger partial charge in [-0.05, 0) is 41.7 Å². The third-order valence-electron chi connectivity index (χ3n) is 4.92. The number of anilines is 1. The minimum atomic E-state index is -0.132. The first-order valence-corrected chi connectivity index (χ1v) is 9.50. The summed E-state index contributed by atoms with van der Waals surface area (Å²) in [5.74, 6) is 0.467. The molecule has 0 bridgehead atoms. The molecule has 3 N–H and O–H groups in total. The number of rotatable bonds is 6. The lowest BCUT2D eigenvalue weighted by molar-refractivity contribution is 0.0952. The number of nitrogens with two attached hydrogens (primary N) is 1. The minimum absolute atomic E-state index is 0.132. The van der Waals surface area contributed by atoms with Gasteiger partial charge in [0.1, 0.15) is 0 Å². The number of benzene rings is 1. The lowest BCUT2D eigenvalue weighted by Crippen LogP contribution is -2.25. The zero-order valence-corrected chi connectivity index (χ0v) is 16.1. The van der Waals surface area contributed by atoms with Gasteiger partial charge in [-0.1, -0.05) is 37.3 Å². The van der Waals surface area contributed by atoms with Crippen LogP contribution < -0.4 is 11.1 Å². The van der Waals surface area contributed by atoms with E-state index in [0.717, 1.165) is 17.5 Å². The molecule has 0 saturated carbocycles. The van der Waals surface area contributed by atoms with Gasteiger partial charge in [0.05, 0.1) is 5.56 Å². The van der Waals surface area contributed by atoms with Crippen molar-refractivity contribution in [2.45, 2.75) is 19.3 Å². The molecule has 0 radical (unpaired) electrons. The van der Waals surface area contributed by atoms with Gasteiger partial charge >= 0.3 is 0 Å². The van der Waals surface area contributed by atoms with Crippen LogP contribution in [0.25, 0.3) is 16.8 Å². The normalized spacial score (nSPS) is 12.0. The summed E-state index contributed by atoms with van der Waals surface area (Å²) in [5, 5.41) is 7.06. The number of nitrogens with zero attached hydrogens (tertiary/aromatic N) is 4. The van der Waals surface area contributed by atoms with Crippen LogP contribution in [-0.2, 0) is 0 Å². The zero-order chi connectivity index (χ0) is 20.2. The van der Waals surface area contributed by atoms with E-state index >= 15 is 0 Å². The molecule has 1 aromatic carbocycles. The molecule has 1 atom stereocenters. The number of nitrogens with one attached hydrogen (secondary N) is 1. The molecule has 0 aliphatic rings. The van der Waals surface area contributed by atoms with Crippen molar-refractivity contribution in [3.8, 4) is 11.1 Å². The molecule has 1 amide bonds. The van der Waals surface area contributed by atoms with Gasteiger partial charge in [0.2, 0.25) is 5.95 Å². The second kappa shape index (κ2) is 8.10. The van der Waals surface area contributed by atoms with Crippen molar-refractivity contribution >= 4 is 17.5 Å². The van der Waals surface area contributed by atoms with Crippen LogP contribution in [0.15, 0.2) is 67.1 Å². The highest BCUT2D eigenvalue weighted by Crippen LogP contribution is 2.21. The lowest BCUT2D eigenvalue weighted by Gasteiger charge is -2.12. The molecule has 3 heterocycles. The Labute approximate surface area is 168 Å². The molecule has 0 saturated heterocycles. The van der Waals surface area contributed by atoms with E-state index in [1.54, 1.807) is 23.1 Å². The van der Waals surface area contributed by atoms with E-state index in [9.17, 15) is 4.79 Å². The summed E-state index contributed by atoms with van der Waals surface area (Å²) in [5.41, 5.74) is 9.81. The number of fused-ring (bicyclic) bond motifs is 1. The summed E-state index contributed by atoms with van der Waals surface area (Å²) in [4.78, 5) is 21.0. The maximum atomic E-state index is 12.6.